The molecule has 0 saturated carbocycles. The van der Waals surface area contributed by atoms with Crippen molar-refractivity contribution in [2.75, 3.05) is 13.7 Å². The van der Waals surface area contributed by atoms with E-state index in [0.29, 0.717) is 0 Å². The molecule has 0 heterocycles. The minimum absolute atomic E-state index is 0.0471. The molecule has 0 fully saturated rings. The standard InChI is InChI=1S/C12H15FO5/c1-3-18-12(16)11(15)10(14)8-5-4-7(13)6-9(8)17-2/h4-6,10-11,14-15H,3H2,1-2H3. The first-order valence-corrected chi connectivity index (χ1v) is 5.37. The Kier molecular flexibility index (Phi) is 5.06. The highest BCUT2D eigenvalue weighted by Crippen LogP contribution is 2.28. The third-order valence-corrected chi connectivity index (χ3v) is 2.34. The van der Waals surface area contributed by atoms with E-state index in [1.807, 2.05) is 0 Å². The largest absolute Gasteiger partial charge is 0.496 e. The number of rotatable bonds is 5. The number of halogens is 1. The zero-order valence-corrected chi connectivity index (χ0v) is 10.1. The normalized spacial score (nSPS) is 13.8. The van der Waals surface area contributed by atoms with Crippen LogP contribution in [0.4, 0.5) is 4.39 Å². The molecule has 0 spiro atoms. The third-order valence-electron chi connectivity index (χ3n) is 2.34. The number of hydrogen-bond donors (Lipinski definition) is 2. The second-order valence-corrected chi connectivity index (χ2v) is 3.53. The first-order chi connectivity index (χ1) is 8.51. The van der Waals surface area contributed by atoms with Crippen molar-refractivity contribution in [3.05, 3.63) is 29.6 Å². The molecule has 2 N–H and O–H groups in total. The summed E-state index contributed by atoms with van der Waals surface area (Å²) in [6, 6.07) is 3.39. The number of hydrogen-bond acceptors (Lipinski definition) is 5. The predicted molar refractivity (Wildman–Crippen MR) is 60.6 cm³/mol. The van der Waals surface area contributed by atoms with Crippen LogP contribution in [0.1, 0.15) is 18.6 Å². The van der Waals surface area contributed by atoms with Gasteiger partial charge in [0, 0.05) is 11.6 Å². The summed E-state index contributed by atoms with van der Waals surface area (Å²) in [5.41, 5.74) is 0.111. The van der Waals surface area contributed by atoms with Gasteiger partial charge in [-0.15, -0.1) is 0 Å². The maximum atomic E-state index is 13.0. The minimum atomic E-state index is -1.75. The van der Waals surface area contributed by atoms with Gasteiger partial charge in [0.25, 0.3) is 0 Å². The molecular weight excluding hydrogens is 243 g/mol. The van der Waals surface area contributed by atoms with E-state index in [0.717, 1.165) is 12.1 Å². The van der Waals surface area contributed by atoms with Gasteiger partial charge in [-0.2, -0.15) is 0 Å². The second-order valence-electron chi connectivity index (χ2n) is 3.53. The van der Waals surface area contributed by atoms with E-state index in [9.17, 15) is 19.4 Å². The topological polar surface area (TPSA) is 76.0 Å². The highest BCUT2D eigenvalue weighted by atomic mass is 19.1. The Labute approximate surface area is 104 Å². The molecule has 0 saturated heterocycles. The van der Waals surface area contributed by atoms with Gasteiger partial charge in [-0.25, -0.2) is 9.18 Å². The van der Waals surface area contributed by atoms with Crippen molar-refractivity contribution in [2.24, 2.45) is 0 Å². The molecule has 0 aromatic heterocycles. The zero-order chi connectivity index (χ0) is 13.7. The molecule has 0 aliphatic carbocycles. The summed E-state index contributed by atoms with van der Waals surface area (Å²) in [7, 11) is 1.29. The molecule has 2 unspecified atom stereocenters. The maximum absolute atomic E-state index is 13.0. The van der Waals surface area contributed by atoms with Gasteiger partial charge in [-0.3, -0.25) is 0 Å². The lowest BCUT2D eigenvalue weighted by molar-refractivity contribution is -0.159. The predicted octanol–water partition coefficient (Wildman–Crippen LogP) is 0.792. The summed E-state index contributed by atoms with van der Waals surface area (Å²) in [6.45, 7) is 1.67. The van der Waals surface area contributed by atoms with Crippen LogP contribution in [0.25, 0.3) is 0 Å². The van der Waals surface area contributed by atoms with Crippen LogP contribution < -0.4 is 4.74 Å². The number of aliphatic hydroxyl groups excluding tert-OH is 2. The van der Waals surface area contributed by atoms with E-state index in [1.54, 1.807) is 6.92 Å². The van der Waals surface area contributed by atoms with Gasteiger partial charge in [-0.05, 0) is 19.1 Å². The highest BCUT2D eigenvalue weighted by Gasteiger charge is 2.29. The Hall–Kier alpha value is -1.66. The van der Waals surface area contributed by atoms with Crippen molar-refractivity contribution in [1.82, 2.24) is 0 Å². The summed E-state index contributed by atoms with van der Waals surface area (Å²) in [6.07, 6.45) is -3.29. The number of methoxy groups -OCH3 is 1. The van der Waals surface area contributed by atoms with Crippen molar-refractivity contribution >= 4 is 5.97 Å². The highest BCUT2D eigenvalue weighted by molar-refractivity contribution is 5.75. The van der Waals surface area contributed by atoms with Gasteiger partial charge >= 0.3 is 5.97 Å². The Morgan fingerprint density at radius 2 is 2.11 bits per heavy atom. The van der Waals surface area contributed by atoms with Crippen molar-refractivity contribution in [2.45, 2.75) is 19.1 Å². The van der Waals surface area contributed by atoms with Gasteiger partial charge in [0.05, 0.1) is 13.7 Å². The van der Waals surface area contributed by atoms with Crippen molar-refractivity contribution in [1.29, 1.82) is 0 Å². The number of ether oxygens (including phenoxy) is 2. The lowest BCUT2D eigenvalue weighted by atomic mass is 10.0. The average molecular weight is 258 g/mol. The quantitative estimate of drug-likeness (QED) is 0.764. The molecule has 0 bridgehead atoms. The Bertz CT molecular complexity index is 421. The van der Waals surface area contributed by atoms with Crippen molar-refractivity contribution in [3.63, 3.8) is 0 Å². The molecule has 2 atom stereocenters. The van der Waals surface area contributed by atoms with Crippen LogP contribution >= 0.6 is 0 Å². The van der Waals surface area contributed by atoms with E-state index < -0.39 is 24.0 Å². The van der Waals surface area contributed by atoms with Crippen LogP contribution in [-0.4, -0.2) is 36.0 Å². The molecule has 0 amide bonds. The van der Waals surface area contributed by atoms with E-state index in [1.165, 1.54) is 13.2 Å². The van der Waals surface area contributed by atoms with Crippen molar-refractivity contribution < 1.29 is 28.9 Å². The van der Waals surface area contributed by atoms with E-state index in [2.05, 4.69) is 4.74 Å². The fourth-order valence-corrected chi connectivity index (χ4v) is 1.46. The van der Waals surface area contributed by atoms with Crippen LogP contribution in [0.15, 0.2) is 18.2 Å². The first kappa shape index (κ1) is 14.4. The van der Waals surface area contributed by atoms with Crippen molar-refractivity contribution in [3.8, 4) is 5.75 Å². The fourth-order valence-electron chi connectivity index (χ4n) is 1.46. The van der Waals surface area contributed by atoms with Gasteiger partial charge < -0.3 is 19.7 Å². The van der Waals surface area contributed by atoms with Gasteiger partial charge in [-0.1, -0.05) is 0 Å². The van der Waals surface area contributed by atoms with Gasteiger partial charge in [0.1, 0.15) is 17.7 Å². The number of carbonyl (C=O) groups is 1. The molecule has 0 radical (unpaired) electrons. The molecule has 0 aliphatic heterocycles. The molecule has 1 aromatic carbocycles. The monoisotopic (exact) mass is 258 g/mol. The fraction of sp³-hybridized carbons (Fsp3) is 0.417. The van der Waals surface area contributed by atoms with Crippen LogP contribution in [0.5, 0.6) is 5.75 Å². The Balaban J connectivity index is 2.95. The number of esters is 1. The summed E-state index contributed by atoms with van der Waals surface area (Å²) in [5, 5.41) is 19.4. The van der Waals surface area contributed by atoms with Crippen LogP contribution in [-0.2, 0) is 9.53 Å². The van der Waals surface area contributed by atoms with Crippen LogP contribution in [0.3, 0.4) is 0 Å². The number of benzene rings is 1. The van der Waals surface area contributed by atoms with E-state index >= 15 is 0 Å². The lowest BCUT2D eigenvalue weighted by Gasteiger charge is -2.18. The SMILES string of the molecule is CCOC(=O)C(O)C(O)c1ccc(F)cc1OC. The minimum Gasteiger partial charge on any atom is -0.496 e. The molecule has 1 rings (SSSR count). The van der Waals surface area contributed by atoms with E-state index in [4.69, 9.17) is 4.74 Å². The lowest BCUT2D eigenvalue weighted by Crippen LogP contribution is -2.30. The van der Waals surface area contributed by atoms with Crippen LogP contribution in [0, 0.1) is 5.82 Å². The third kappa shape index (κ3) is 3.18. The summed E-state index contributed by atoms with van der Waals surface area (Å²) < 4.78 is 22.4. The Morgan fingerprint density at radius 3 is 2.67 bits per heavy atom. The van der Waals surface area contributed by atoms with Gasteiger partial charge in [0.2, 0.25) is 0 Å². The van der Waals surface area contributed by atoms with E-state index in [-0.39, 0.29) is 17.9 Å². The molecule has 100 valence electrons. The molecule has 0 aliphatic rings. The first-order valence-electron chi connectivity index (χ1n) is 5.37. The summed E-state index contributed by atoms with van der Waals surface area (Å²) >= 11 is 0. The average Bonchev–Trinajstić information content (AvgIpc) is 2.37. The number of carbonyl (C=O) groups excluding carboxylic acids is 1. The summed E-state index contributed by atoms with van der Waals surface area (Å²) in [4.78, 5) is 11.3. The number of aliphatic hydroxyl groups is 2. The molecule has 6 heteroatoms. The molecule has 1 aromatic rings. The zero-order valence-electron chi connectivity index (χ0n) is 10.1. The molecule has 5 nitrogen and oxygen atoms in total. The van der Waals surface area contributed by atoms with Crippen LogP contribution in [0.2, 0.25) is 0 Å². The Morgan fingerprint density at radius 1 is 1.44 bits per heavy atom. The summed E-state index contributed by atoms with van der Waals surface area (Å²) in [5.74, 6) is -1.45. The molecule has 18 heavy (non-hydrogen) atoms. The van der Waals surface area contributed by atoms with Gasteiger partial charge in [0.15, 0.2) is 6.10 Å². The smallest absolute Gasteiger partial charge is 0.338 e. The maximum Gasteiger partial charge on any atom is 0.338 e. The molecular formula is C12H15FO5. The second kappa shape index (κ2) is 6.32.